The molecule has 5 nitrogen and oxygen atoms in total. The first-order valence-electron chi connectivity index (χ1n) is 7.54. The van der Waals surface area contributed by atoms with Crippen LogP contribution < -0.4 is 10.2 Å². The molecule has 0 unspecified atom stereocenters. The number of halogens is 1. The molecule has 0 atom stereocenters. The van der Waals surface area contributed by atoms with E-state index < -0.39 is 0 Å². The van der Waals surface area contributed by atoms with Crippen molar-refractivity contribution in [3.05, 3.63) is 58.6 Å². The Kier molecular flexibility index (Phi) is 6.21. The van der Waals surface area contributed by atoms with Crippen molar-refractivity contribution in [2.24, 2.45) is 5.10 Å². The summed E-state index contributed by atoms with van der Waals surface area (Å²) in [5.41, 5.74) is 4.48. The van der Waals surface area contributed by atoms with Crippen molar-refractivity contribution in [1.82, 2.24) is 5.43 Å². The quantitative estimate of drug-likeness (QED) is 0.619. The fraction of sp³-hybridized carbons (Fsp3) is 0.222. The molecule has 0 fully saturated rings. The van der Waals surface area contributed by atoms with Crippen LogP contribution in [-0.4, -0.2) is 23.3 Å². The lowest BCUT2D eigenvalue weighted by atomic mass is 10.1. The SMILES string of the molecule is CCC(=NNC(=O)COc1ccc(Cl)cc1C)c1ccccc1O. The number of benzene rings is 2. The number of para-hydroxylation sites is 1. The van der Waals surface area contributed by atoms with E-state index in [0.717, 1.165) is 5.56 Å². The van der Waals surface area contributed by atoms with Gasteiger partial charge in [0.2, 0.25) is 0 Å². The van der Waals surface area contributed by atoms with E-state index in [1.165, 1.54) is 0 Å². The Labute approximate surface area is 145 Å². The number of carbonyl (C=O) groups excluding carboxylic acids is 1. The molecule has 0 saturated heterocycles. The van der Waals surface area contributed by atoms with Gasteiger partial charge in [-0.15, -0.1) is 0 Å². The van der Waals surface area contributed by atoms with Crippen LogP contribution in [0.5, 0.6) is 11.5 Å². The van der Waals surface area contributed by atoms with Gasteiger partial charge in [-0.1, -0.05) is 30.7 Å². The largest absolute Gasteiger partial charge is 0.507 e. The third-order valence-electron chi connectivity index (χ3n) is 3.36. The van der Waals surface area contributed by atoms with E-state index >= 15 is 0 Å². The lowest BCUT2D eigenvalue weighted by molar-refractivity contribution is -0.123. The van der Waals surface area contributed by atoms with Crippen LogP contribution in [0.25, 0.3) is 0 Å². The fourth-order valence-corrected chi connectivity index (χ4v) is 2.35. The summed E-state index contributed by atoms with van der Waals surface area (Å²) < 4.78 is 5.46. The summed E-state index contributed by atoms with van der Waals surface area (Å²) >= 11 is 5.88. The van der Waals surface area contributed by atoms with Crippen LogP contribution in [0.15, 0.2) is 47.6 Å². The van der Waals surface area contributed by atoms with E-state index in [1.54, 1.807) is 42.5 Å². The van der Waals surface area contributed by atoms with Crippen LogP contribution in [0.3, 0.4) is 0 Å². The molecule has 0 aliphatic rings. The highest BCUT2D eigenvalue weighted by atomic mass is 35.5. The van der Waals surface area contributed by atoms with Gasteiger partial charge in [0.25, 0.3) is 5.91 Å². The van der Waals surface area contributed by atoms with E-state index in [-0.39, 0.29) is 18.3 Å². The standard InChI is InChI=1S/C18H19ClN2O3/c1-3-15(14-6-4-5-7-16(14)22)20-21-18(23)11-24-17-9-8-13(19)10-12(17)2/h4-10,22H,3,11H2,1-2H3,(H,21,23). The maximum absolute atomic E-state index is 11.9. The maximum Gasteiger partial charge on any atom is 0.277 e. The topological polar surface area (TPSA) is 70.9 Å². The third kappa shape index (κ3) is 4.73. The second-order valence-corrected chi connectivity index (χ2v) is 5.60. The summed E-state index contributed by atoms with van der Waals surface area (Å²) in [7, 11) is 0. The zero-order valence-corrected chi connectivity index (χ0v) is 14.3. The molecule has 0 radical (unpaired) electrons. The zero-order chi connectivity index (χ0) is 17.5. The summed E-state index contributed by atoms with van der Waals surface area (Å²) in [6.07, 6.45) is 0.564. The molecule has 0 aliphatic carbocycles. The van der Waals surface area contributed by atoms with Crippen molar-refractivity contribution < 1.29 is 14.6 Å². The van der Waals surface area contributed by atoms with E-state index in [4.69, 9.17) is 16.3 Å². The van der Waals surface area contributed by atoms with Crippen molar-refractivity contribution in [1.29, 1.82) is 0 Å². The van der Waals surface area contributed by atoms with Crippen LogP contribution in [0.2, 0.25) is 5.02 Å². The van der Waals surface area contributed by atoms with Gasteiger partial charge in [-0.25, -0.2) is 5.43 Å². The molecule has 1 amide bonds. The lowest BCUT2D eigenvalue weighted by Gasteiger charge is -2.09. The third-order valence-corrected chi connectivity index (χ3v) is 3.60. The fourth-order valence-electron chi connectivity index (χ4n) is 2.13. The van der Waals surface area contributed by atoms with Crippen LogP contribution in [0.4, 0.5) is 0 Å². The number of nitrogens with zero attached hydrogens (tertiary/aromatic N) is 1. The van der Waals surface area contributed by atoms with Gasteiger partial charge in [0.05, 0.1) is 5.71 Å². The van der Waals surface area contributed by atoms with Gasteiger partial charge in [-0.05, 0) is 49.2 Å². The van der Waals surface area contributed by atoms with Gasteiger partial charge in [0, 0.05) is 10.6 Å². The average Bonchev–Trinajstić information content (AvgIpc) is 2.56. The smallest absolute Gasteiger partial charge is 0.277 e. The number of phenols is 1. The van der Waals surface area contributed by atoms with E-state index in [9.17, 15) is 9.90 Å². The first-order chi connectivity index (χ1) is 11.5. The number of aryl methyl sites for hydroxylation is 1. The van der Waals surface area contributed by atoms with Crippen molar-refractivity contribution in [2.45, 2.75) is 20.3 Å². The molecule has 0 heterocycles. The number of carbonyl (C=O) groups is 1. The number of hydrazone groups is 1. The molecule has 2 rings (SSSR count). The Morgan fingerprint density at radius 1 is 1.29 bits per heavy atom. The van der Waals surface area contributed by atoms with Crippen molar-refractivity contribution in [2.75, 3.05) is 6.61 Å². The Morgan fingerprint density at radius 3 is 2.71 bits per heavy atom. The summed E-state index contributed by atoms with van der Waals surface area (Å²) in [4.78, 5) is 11.9. The molecule has 0 aliphatic heterocycles. The number of amides is 1. The monoisotopic (exact) mass is 346 g/mol. The van der Waals surface area contributed by atoms with E-state index in [1.807, 2.05) is 13.8 Å². The van der Waals surface area contributed by atoms with E-state index in [0.29, 0.717) is 28.5 Å². The normalized spacial score (nSPS) is 11.2. The molecule has 24 heavy (non-hydrogen) atoms. The Bertz CT molecular complexity index is 760. The van der Waals surface area contributed by atoms with Gasteiger partial charge < -0.3 is 9.84 Å². The number of phenolic OH excluding ortho intramolecular Hbond substituents is 1. The molecular formula is C18H19ClN2O3. The first kappa shape index (κ1) is 17.8. The highest BCUT2D eigenvalue weighted by molar-refractivity contribution is 6.30. The molecule has 126 valence electrons. The van der Waals surface area contributed by atoms with Gasteiger partial charge in [0.15, 0.2) is 6.61 Å². The van der Waals surface area contributed by atoms with Crippen LogP contribution >= 0.6 is 11.6 Å². The number of aromatic hydroxyl groups is 1. The molecule has 0 bridgehead atoms. The molecule has 0 aromatic heterocycles. The van der Waals surface area contributed by atoms with Crippen molar-refractivity contribution in [3.63, 3.8) is 0 Å². The molecule has 2 aromatic carbocycles. The molecule has 0 saturated carbocycles. The summed E-state index contributed by atoms with van der Waals surface area (Å²) in [5, 5.41) is 14.5. The summed E-state index contributed by atoms with van der Waals surface area (Å²) in [6, 6.07) is 12.0. The van der Waals surface area contributed by atoms with Crippen LogP contribution in [0, 0.1) is 6.92 Å². The lowest BCUT2D eigenvalue weighted by Crippen LogP contribution is -2.26. The molecular weight excluding hydrogens is 328 g/mol. The van der Waals surface area contributed by atoms with Gasteiger partial charge >= 0.3 is 0 Å². The second-order valence-electron chi connectivity index (χ2n) is 5.16. The number of ether oxygens (including phenoxy) is 1. The summed E-state index contributed by atoms with van der Waals surface area (Å²) in [6.45, 7) is 3.58. The molecule has 2 N–H and O–H groups in total. The summed E-state index contributed by atoms with van der Waals surface area (Å²) in [5.74, 6) is 0.334. The van der Waals surface area contributed by atoms with Crippen LogP contribution in [-0.2, 0) is 4.79 Å². The van der Waals surface area contributed by atoms with Crippen molar-refractivity contribution >= 4 is 23.2 Å². The molecule has 0 spiro atoms. The van der Waals surface area contributed by atoms with Gasteiger partial charge in [0.1, 0.15) is 11.5 Å². The number of hydrogen-bond donors (Lipinski definition) is 2. The predicted octanol–water partition coefficient (Wildman–Crippen LogP) is 3.66. The minimum atomic E-state index is -0.384. The first-order valence-corrected chi connectivity index (χ1v) is 7.91. The molecule has 2 aromatic rings. The van der Waals surface area contributed by atoms with E-state index in [2.05, 4.69) is 10.5 Å². The average molecular weight is 347 g/mol. The Hall–Kier alpha value is -2.53. The minimum Gasteiger partial charge on any atom is -0.507 e. The maximum atomic E-state index is 11.9. The minimum absolute atomic E-state index is 0.125. The second kappa shape index (κ2) is 8.36. The Morgan fingerprint density at radius 2 is 2.04 bits per heavy atom. The number of rotatable bonds is 6. The highest BCUT2D eigenvalue weighted by Crippen LogP contribution is 2.21. The number of hydrogen-bond acceptors (Lipinski definition) is 4. The van der Waals surface area contributed by atoms with Gasteiger partial charge in [-0.3, -0.25) is 4.79 Å². The Balaban J connectivity index is 1.97. The molecule has 6 heteroatoms. The zero-order valence-electron chi connectivity index (χ0n) is 13.5. The number of nitrogens with one attached hydrogen (secondary N) is 1. The van der Waals surface area contributed by atoms with Crippen molar-refractivity contribution in [3.8, 4) is 11.5 Å². The highest BCUT2D eigenvalue weighted by Gasteiger charge is 2.08. The van der Waals surface area contributed by atoms with Crippen LogP contribution in [0.1, 0.15) is 24.5 Å². The van der Waals surface area contributed by atoms with Gasteiger partial charge in [-0.2, -0.15) is 5.10 Å². The predicted molar refractivity (Wildman–Crippen MR) is 94.8 cm³/mol.